The number of aryl methyl sites for hydroxylation is 1. The number of rotatable bonds is 3. The van der Waals surface area contributed by atoms with E-state index in [4.69, 9.17) is 12.2 Å². The Morgan fingerprint density at radius 3 is 2.18 bits per heavy atom. The van der Waals surface area contributed by atoms with Crippen LogP contribution in [0.1, 0.15) is 38.8 Å². The lowest BCUT2D eigenvalue weighted by atomic mass is 9.86. The first-order valence-electron chi connectivity index (χ1n) is 7.66. The third-order valence-electron chi connectivity index (χ3n) is 3.60. The first-order valence-corrected chi connectivity index (χ1v) is 8.07. The van der Waals surface area contributed by atoms with Crippen LogP contribution in [-0.4, -0.2) is 5.11 Å². The fourth-order valence-corrected chi connectivity index (χ4v) is 2.58. The van der Waals surface area contributed by atoms with E-state index < -0.39 is 0 Å². The van der Waals surface area contributed by atoms with Crippen molar-refractivity contribution in [1.29, 1.82) is 0 Å². The van der Waals surface area contributed by atoms with Crippen LogP contribution in [0.5, 0.6) is 0 Å². The van der Waals surface area contributed by atoms with Gasteiger partial charge in [-0.2, -0.15) is 0 Å². The Kier molecular flexibility index (Phi) is 5.19. The predicted molar refractivity (Wildman–Crippen MR) is 101 cm³/mol. The Labute approximate surface area is 139 Å². The molecule has 0 bridgehead atoms. The molecule has 22 heavy (non-hydrogen) atoms. The summed E-state index contributed by atoms with van der Waals surface area (Å²) in [6, 6.07) is 16.6. The van der Waals surface area contributed by atoms with E-state index in [1.54, 1.807) is 0 Å². The third-order valence-corrected chi connectivity index (χ3v) is 3.81. The number of thiocarbonyl (C=S) groups is 1. The maximum absolute atomic E-state index is 5.44. The third kappa shape index (κ3) is 4.31. The number of hydrogen-bond acceptors (Lipinski definition) is 1. The zero-order valence-corrected chi connectivity index (χ0v) is 14.6. The summed E-state index contributed by atoms with van der Waals surface area (Å²) in [5.74, 6) is 0. The SMILES string of the molecule is CCc1ccc(NC(=S)Nc2ccccc2C(C)(C)C)cc1. The molecule has 0 aliphatic rings. The fraction of sp³-hybridized carbons (Fsp3) is 0.316. The molecule has 0 aliphatic carbocycles. The molecule has 0 fully saturated rings. The summed E-state index contributed by atoms with van der Waals surface area (Å²) in [5, 5.41) is 7.17. The van der Waals surface area contributed by atoms with Gasteiger partial charge in [0.25, 0.3) is 0 Å². The Balaban J connectivity index is 2.09. The Bertz CT molecular complexity index is 639. The van der Waals surface area contributed by atoms with Crippen molar-refractivity contribution in [3.05, 3.63) is 59.7 Å². The zero-order valence-electron chi connectivity index (χ0n) is 13.7. The van der Waals surface area contributed by atoms with Gasteiger partial charge in [-0.3, -0.25) is 0 Å². The molecule has 2 nitrogen and oxygen atoms in total. The Morgan fingerprint density at radius 2 is 1.59 bits per heavy atom. The molecule has 0 amide bonds. The molecule has 0 aliphatic heterocycles. The number of anilines is 2. The summed E-state index contributed by atoms with van der Waals surface area (Å²) in [6.07, 6.45) is 1.04. The van der Waals surface area contributed by atoms with Crippen LogP contribution in [0.2, 0.25) is 0 Å². The normalized spacial score (nSPS) is 11.1. The van der Waals surface area contributed by atoms with Gasteiger partial charge in [-0.25, -0.2) is 0 Å². The molecule has 3 heteroatoms. The zero-order chi connectivity index (χ0) is 16.2. The highest BCUT2D eigenvalue weighted by Crippen LogP contribution is 2.29. The largest absolute Gasteiger partial charge is 0.332 e. The molecule has 0 saturated carbocycles. The monoisotopic (exact) mass is 312 g/mol. The molecule has 116 valence electrons. The van der Waals surface area contributed by atoms with Crippen molar-refractivity contribution in [2.75, 3.05) is 10.6 Å². The van der Waals surface area contributed by atoms with Crippen molar-refractivity contribution in [2.45, 2.75) is 39.5 Å². The van der Waals surface area contributed by atoms with E-state index in [0.717, 1.165) is 17.8 Å². The van der Waals surface area contributed by atoms with Crippen LogP contribution in [0.4, 0.5) is 11.4 Å². The van der Waals surface area contributed by atoms with E-state index in [-0.39, 0.29) is 5.41 Å². The van der Waals surface area contributed by atoms with E-state index in [9.17, 15) is 0 Å². The van der Waals surface area contributed by atoms with E-state index in [1.807, 2.05) is 6.07 Å². The average Bonchev–Trinajstić information content (AvgIpc) is 2.47. The van der Waals surface area contributed by atoms with Crippen molar-refractivity contribution in [1.82, 2.24) is 0 Å². The number of para-hydroxylation sites is 1. The molecular weight excluding hydrogens is 288 g/mol. The summed E-state index contributed by atoms with van der Waals surface area (Å²) in [5.41, 5.74) is 4.70. The summed E-state index contributed by atoms with van der Waals surface area (Å²) in [7, 11) is 0. The highest BCUT2D eigenvalue weighted by atomic mass is 32.1. The van der Waals surface area contributed by atoms with E-state index in [1.165, 1.54) is 11.1 Å². The molecule has 0 saturated heterocycles. The van der Waals surface area contributed by atoms with Gasteiger partial charge in [-0.1, -0.05) is 58.0 Å². The molecule has 0 atom stereocenters. The van der Waals surface area contributed by atoms with E-state index >= 15 is 0 Å². The smallest absolute Gasteiger partial charge is 0.175 e. The summed E-state index contributed by atoms with van der Waals surface area (Å²) in [4.78, 5) is 0. The van der Waals surface area contributed by atoms with Gasteiger partial charge < -0.3 is 10.6 Å². The summed E-state index contributed by atoms with van der Waals surface area (Å²) in [6.45, 7) is 8.76. The van der Waals surface area contributed by atoms with Crippen LogP contribution in [0.15, 0.2) is 48.5 Å². The summed E-state index contributed by atoms with van der Waals surface area (Å²) < 4.78 is 0. The minimum Gasteiger partial charge on any atom is -0.332 e. The van der Waals surface area contributed by atoms with Gasteiger partial charge in [0.1, 0.15) is 0 Å². The van der Waals surface area contributed by atoms with Gasteiger partial charge in [0.2, 0.25) is 0 Å². The predicted octanol–water partition coefficient (Wildman–Crippen LogP) is 5.36. The van der Waals surface area contributed by atoms with Gasteiger partial charge in [0.15, 0.2) is 5.11 Å². The summed E-state index contributed by atoms with van der Waals surface area (Å²) >= 11 is 5.44. The molecule has 0 radical (unpaired) electrons. The Morgan fingerprint density at radius 1 is 0.955 bits per heavy atom. The second-order valence-corrected chi connectivity index (χ2v) is 6.83. The number of benzene rings is 2. The second-order valence-electron chi connectivity index (χ2n) is 6.43. The first kappa shape index (κ1) is 16.5. The van der Waals surface area contributed by atoms with Gasteiger partial charge in [0, 0.05) is 11.4 Å². The maximum atomic E-state index is 5.44. The van der Waals surface area contributed by atoms with E-state index in [0.29, 0.717) is 5.11 Å². The van der Waals surface area contributed by atoms with E-state index in [2.05, 4.69) is 80.8 Å². The highest BCUT2D eigenvalue weighted by molar-refractivity contribution is 7.80. The first-order chi connectivity index (χ1) is 10.4. The van der Waals surface area contributed by atoms with Crippen molar-refractivity contribution in [3.8, 4) is 0 Å². The molecule has 0 heterocycles. The minimum atomic E-state index is 0.0714. The maximum Gasteiger partial charge on any atom is 0.175 e. The van der Waals surface area contributed by atoms with Crippen LogP contribution in [0.3, 0.4) is 0 Å². The lowest BCUT2D eigenvalue weighted by molar-refractivity contribution is 0.592. The number of nitrogens with one attached hydrogen (secondary N) is 2. The van der Waals surface area contributed by atoms with Gasteiger partial charge in [-0.05, 0) is 53.4 Å². The van der Waals surface area contributed by atoms with Crippen LogP contribution < -0.4 is 10.6 Å². The van der Waals surface area contributed by atoms with Crippen LogP contribution in [0, 0.1) is 0 Å². The Hall–Kier alpha value is -1.87. The lowest BCUT2D eigenvalue weighted by Crippen LogP contribution is -2.22. The molecule has 0 spiro atoms. The minimum absolute atomic E-state index is 0.0714. The quantitative estimate of drug-likeness (QED) is 0.747. The average molecular weight is 312 g/mol. The van der Waals surface area contributed by atoms with Gasteiger partial charge in [0.05, 0.1) is 0 Å². The van der Waals surface area contributed by atoms with Crippen molar-refractivity contribution in [2.24, 2.45) is 0 Å². The molecular formula is C19H24N2S. The second kappa shape index (κ2) is 6.93. The highest BCUT2D eigenvalue weighted by Gasteiger charge is 2.17. The molecule has 2 rings (SSSR count). The van der Waals surface area contributed by atoms with Crippen LogP contribution in [-0.2, 0) is 11.8 Å². The van der Waals surface area contributed by atoms with Crippen LogP contribution in [0.25, 0.3) is 0 Å². The molecule has 2 aromatic carbocycles. The molecule has 2 aromatic rings. The standard InChI is InChI=1S/C19H24N2S/c1-5-14-10-12-15(13-11-14)20-18(22)21-17-9-7-6-8-16(17)19(2,3)4/h6-13H,5H2,1-4H3,(H2,20,21,22). The topological polar surface area (TPSA) is 24.1 Å². The van der Waals surface area contributed by atoms with Crippen molar-refractivity contribution in [3.63, 3.8) is 0 Å². The fourth-order valence-electron chi connectivity index (χ4n) is 2.35. The molecule has 2 N–H and O–H groups in total. The van der Waals surface area contributed by atoms with Gasteiger partial charge >= 0.3 is 0 Å². The van der Waals surface area contributed by atoms with Gasteiger partial charge in [-0.15, -0.1) is 0 Å². The van der Waals surface area contributed by atoms with Crippen molar-refractivity contribution < 1.29 is 0 Å². The number of hydrogen-bond donors (Lipinski definition) is 2. The molecule has 0 unspecified atom stereocenters. The van der Waals surface area contributed by atoms with Crippen LogP contribution >= 0.6 is 12.2 Å². The van der Waals surface area contributed by atoms with Crippen molar-refractivity contribution >= 4 is 28.7 Å². The lowest BCUT2D eigenvalue weighted by Gasteiger charge is -2.23. The molecule has 0 aromatic heterocycles.